The number of hydrogen-bond acceptors (Lipinski definition) is 18. The first-order valence-electron chi connectivity index (χ1n) is 12.5. The normalized spacial score (nSPS) is 27.4. The zero-order chi connectivity index (χ0) is 30.1. The predicted molar refractivity (Wildman–Crippen MR) is 146 cm³/mol. The van der Waals surface area contributed by atoms with E-state index in [2.05, 4.69) is 30.9 Å². The first-order valence-corrected chi connectivity index (χ1v) is 15.9. The van der Waals surface area contributed by atoms with Gasteiger partial charge in [0.15, 0.2) is 0 Å². The molecule has 0 radical (unpaired) electrons. The molecule has 10 N–H and O–H groups in total. The van der Waals surface area contributed by atoms with Crippen LogP contribution in [0.2, 0.25) is 0 Å². The molecule has 7 rings (SSSR count). The first-order chi connectivity index (χ1) is 20.5. The predicted octanol–water partition coefficient (Wildman–Crippen LogP) is -2.15. The molecule has 3 aromatic heterocycles. The minimum absolute atomic E-state index is 0.0441. The van der Waals surface area contributed by atoms with Crippen molar-refractivity contribution in [2.24, 2.45) is 0 Å². The van der Waals surface area contributed by atoms with E-state index in [0.717, 1.165) is 12.6 Å². The number of nitrogens with zero attached hydrogens (tertiary/aromatic N) is 4. The van der Waals surface area contributed by atoms with Crippen molar-refractivity contribution in [2.45, 2.75) is 25.2 Å². The van der Waals surface area contributed by atoms with Gasteiger partial charge >= 0.3 is 239 Å². The van der Waals surface area contributed by atoms with Crippen LogP contribution in [0.15, 0.2) is 39.4 Å². The van der Waals surface area contributed by atoms with E-state index in [1.54, 1.807) is 4.90 Å². The molecule has 7 heterocycles. The van der Waals surface area contributed by atoms with Crippen molar-refractivity contribution in [2.75, 3.05) is 24.0 Å². The van der Waals surface area contributed by atoms with Crippen LogP contribution in [-0.2, 0) is 29.7 Å². The Morgan fingerprint density at radius 1 is 1.12 bits per heavy atom. The van der Waals surface area contributed by atoms with E-state index >= 15 is 0 Å². The molecule has 2 saturated heterocycles. The number of imidazole rings is 1. The molecule has 2 fully saturated rings. The number of anilines is 2. The van der Waals surface area contributed by atoms with Gasteiger partial charge in [0, 0.05) is 0 Å². The summed E-state index contributed by atoms with van der Waals surface area (Å²) in [6.45, 7) is -0.273. The van der Waals surface area contributed by atoms with Crippen molar-refractivity contribution in [1.82, 2.24) is 35.5 Å². The van der Waals surface area contributed by atoms with E-state index in [0.29, 0.717) is 0 Å². The van der Waals surface area contributed by atoms with Crippen molar-refractivity contribution in [3.8, 4) is 5.75 Å². The molecule has 1 unspecified atom stereocenters. The van der Waals surface area contributed by atoms with Gasteiger partial charge in [-0.05, 0) is 0 Å². The molecule has 2 bridgehead atoms. The van der Waals surface area contributed by atoms with Crippen molar-refractivity contribution in [3.05, 3.63) is 46.3 Å². The maximum atomic E-state index is 12.2. The molecule has 4 aliphatic heterocycles. The number of furan rings is 1. The average Bonchev–Trinajstić information content (AvgIpc) is 3.71. The van der Waals surface area contributed by atoms with E-state index in [9.17, 15) is 29.2 Å². The third-order valence-corrected chi connectivity index (χ3v) is 8.65. The Bertz CT molecular complexity index is 1750. The van der Waals surface area contributed by atoms with Crippen LogP contribution in [0.1, 0.15) is 12.2 Å². The van der Waals surface area contributed by atoms with Crippen LogP contribution in [-0.4, -0.2) is 70.5 Å². The Hall–Kier alpha value is -4.04. The number of nitrogens with one attached hydrogen (secondary N) is 4. The van der Waals surface area contributed by atoms with Gasteiger partial charge in [-0.15, -0.1) is 0 Å². The summed E-state index contributed by atoms with van der Waals surface area (Å²) >= 11 is 0. The fourth-order valence-corrected chi connectivity index (χ4v) is 6.51. The molecule has 43 heavy (non-hydrogen) atoms. The van der Waals surface area contributed by atoms with E-state index < -0.39 is 40.7 Å². The van der Waals surface area contributed by atoms with E-state index in [-0.39, 0.29) is 77.6 Å². The summed E-state index contributed by atoms with van der Waals surface area (Å²) in [5, 5.41) is 8.82. The Balaban J connectivity index is 1.22. The Labute approximate surface area is 239 Å². The molecule has 3 aromatic rings. The minimum atomic E-state index is -5.02. The van der Waals surface area contributed by atoms with E-state index in [4.69, 9.17) is 33.0 Å². The molecule has 2 atom stereocenters. The quantitative estimate of drug-likeness (QED) is 0.134. The summed E-state index contributed by atoms with van der Waals surface area (Å²) in [6.07, 6.45) is 1.23. The molecule has 0 saturated carbocycles. The third-order valence-electron chi connectivity index (χ3n) is 6.71. The summed E-state index contributed by atoms with van der Waals surface area (Å²) in [5.41, 5.74) is 4.89. The Morgan fingerprint density at radius 3 is 2.79 bits per heavy atom. The van der Waals surface area contributed by atoms with Crippen molar-refractivity contribution in [1.29, 1.82) is 0 Å². The molecule has 21 nitrogen and oxygen atoms in total. The number of carbonyl (C=O) groups excluding carboxylic acids is 1. The van der Waals surface area contributed by atoms with Gasteiger partial charge in [-0.3, -0.25) is 0 Å². The number of carbonyl (C=O) groups is 1. The summed E-state index contributed by atoms with van der Waals surface area (Å²) in [6, 6.07) is 0.715. The second-order valence-electron chi connectivity index (χ2n) is 9.59. The fraction of sp³-hybridized carbons (Fsp3) is 0.300. The molecule has 23 heteroatoms. The first kappa shape index (κ1) is 27.8. The summed E-state index contributed by atoms with van der Waals surface area (Å²) in [7, 11) is -10.0. The molecular weight excluding hydrogens is 620 g/mol. The second kappa shape index (κ2) is 10.0. The van der Waals surface area contributed by atoms with Gasteiger partial charge in [0.25, 0.3) is 0 Å². The zero-order valence-corrected chi connectivity index (χ0v) is 23.6. The Morgan fingerprint density at radius 2 is 1.95 bits per heavy atom. The number of fused-ring (bicyclic) bond motifs is 5. The van der Waals surface area contributed by atoms with Crippen molar-refractivity contribution in [3.63, 3.8) is 0 Å². The number of aromatic nitrogens is 4. The SMILES string of the molecule is Nc1nc2c(ncn2C2=C3C/C(=C\O[PH](O)(O)Oc4cc(N5CN[C@@H]6C(=O)NCNC65)oc4CO[PH](O)(O)O3)O2)c(=O)[nH]1. The monoisotopic (exact) mass is 645 g/mol. The Kier molecular flexibility index (Phi) is 6.47. The molecule has 0 spiro atoms. The third kappa shape index (κ3) is 5.12. The van der Waals surface area contributed by atoms with E-state index in [1.807, 2.05) is 0 Å². The number of rotatable bonds is 2. The van der Waals surface area contributed by atoms with Gasteiger partial charge in [-0.1, -0.05) is 0 Å². The van der Waals surface area contributed by atoms with Crippen LogP contribution in [0, 0.1) is 0 Å². The standard InChI is InChI=1S/C20H25N9O12P2/c21-20-26-16-14(18(31)27-20)25-7-29(16)19-10-1-8(38-19)3-36-42(32,33)40-9-2-12(39-11(9)4-37-43(34,35)41-10)28-6-24-13-15(28)22-5-23-17(13)30/h2-3,7,13,15,22,24,32-35,42-43H,1,4-6H2,(H,23,30)(H3,21,26,27,31)/b8-3+/t13-,15?/m0/s1. The van der Waals surface area contributed by atoms with Gasteiger partial charge in [0.1, 0.15) is 0 Å². The number of nitrogens with two attached hydrogens (primary N) is 1. The summed E-state index contributed by atoms with van der Waals surface area (Å²) in [5.74, 6) is -1.21. The maximum absolute atomic E-state index is 12.2. The van der Waals surface area contributed by atoms with Crippen LogP contribution < -0.4 is 36.7 Å². The molecule has 1 amide bonds. The second-order valence-corrected chi connectivity index (χ2v) is 12.7. The molecule has 0 aliphatic carbocycles. The summed E-state index contributed by atoms with van der Waals surface area (Å²) in [4.78, 5) is 79.2. The number of amides is 1. The van der Waals surface area contributed by atoms with Gasteiger partial charge in [0.2, 0.25) is 0 Å². The van der Waals surface area contributed by atoms with Gasteiger partial charge in [-0.25, -0.2) is 0 Å². The molecule has 232 valence electrons. The number of ether oxygens (including phenoxy) is 1. The van der Waals surface area contributed by atoms with Crippen LogP contribution in [0.25, 0.3) is 17.0 Å². The topological polar surface area (TPSA) is 286 Å². The molecular formula is C20H25N9O12P2. The van der Waals surface area contributed by atoms with Crippen molar-refractivity contribution >= 4 is 51.1 Å². The van der Waals surface area contributed by atoms with Crippen LogP contribution in [0.3, 0.4) is 0 Å². The zero-order valence-electron chi connectivity index (χ0n) is 21.6. The van der Waals surface area contributed by atoms with Gasteiger partial charge < -0.3 is 0 Å². The van der Waals surface area contributed by atoms with Crippen LogP contribution in [0.5, 0.6) is 5.75 Å². The fourth-order valence-electron chi connectivity index (χ4n) is 4.86. The van der Waals surface area contributed by atoms with Crippen LogP contribution in [0.4, 0.5) is 11.8 Å². The number of nitrogen functional groups attached to an aromatic ring is 1. The van der Waals surface area contributed by atoms with Gasteiger partial charge in [0.05, 0.1) is 0 Å². The number of aromatic amines is 1. The number of hydrogen-bond donors (Lipinski definition) is 9. The molecule has 0 aromatic carbocycles. The van der Waals surface area contributed by atoms with Crippen LogP contribution >= 0.6 is 16.3 Å². The number of H-pyrrole nitrogens is 1. The van der Waals surface area contributed by atoms with Gasteiger partial charge in [-0.2, -0.15) is 0 Å². The van der Waals surface area contributed by atoms with Crippen molar-refractivity contribution < 1.29 is 51.6 Å². The average molecular weight is 645 g/mol. The molecule has 4 aliphatic rings. The summed E-state index contributed by atoms with van der Waals surface area (Å²) < 4.78 is 34.1. The van der Waals surface area contributed by atoms with E-state index in [1.165, 1.54) is 10.6 Å².